The molecule has 3 aliphatic heterocycles. The van der Waals surface area contributed by atoms with Crippen molar-refractivity contribution >= 4 is 34.1 Å². The summed E-state index contributed by atoms with van der Waals surface area (Å²) in [4.78, 5) is 0. The summed E-state index contributed by atoms with van der Waals surface area (Å²) in [5, 5.41) is 74.7. The van der Waals surface area contributed by atoms with Gasteiger partial charge in [-0.05, 0) is 0 Å². The molecular weight excluding hydrogens is 384 g/mol. The van der Waals surface area contributed by atoms with E-state index in [1.165, 1.54) is 0 Å². The molecule has 0 bridgehead atoms. The van der Waals surface area contributed by atoms with E-state index < -0.39 is 36.3 Å². The quantitative estimate of drug-likeness (QED) is 0.354. The third kappa shape index (κ3) is 2.47. The van der Waals surface area contributed by atoms with Crippen molar-refractivity contribution < 1.29 is 0 Å². The van der Waals surface area contributed by atoms with Crippen molar-refractivity contribution in [3.8, 4) is 36.4 Å². The summed E-state index contributed by atoms with van der Waals surface area (Å²) in [5.41, 5.74) is 2.46. The zero-order valence-corrected chi connectivity index (χ0v) is 15.1. The van der Waals surface area contributed by atoms with Crippen molar-refractivity contribution in [3.63, 3.8) is 0 Å². The molecule has 12 nitrogen and oxygen atoms in total. The molecule has 6 unspecified atom stereocenters. The van der Waals surface area contributed by atoms with Gasteiger partial charge in [-0.2, -0.15) is 31.6 Å². The highest BCUT2D eigenvalue weighted by atomic mass is 15.2. The van der Waals surface area contributed by atoms with E-state index in [4.69, 9.17) is 0 Å². The standard InChI is InChI=1S/C18H12N12/c19-1-7-8(2-20)26-14-13(25-7)15-17(29-10(4-22)9(3-21)27-15)18-16(14)28-11(5-23)12(6-24)30-18/h7-12,25-30H. The summed E-state index contributed by atoms with van der Waals surface area (Å²) in [6, 6.07) is 6.85. The fourth-order valence-corrected chi connectivity index (χ4v) is 3.69. The summed E-state index contributed by atoms with van der Waals surface area (Å²) >= 11 is 0. The summed E-state index contributed by atoms with van der Waals surface area (Å²) in [7, 11) is 0. The Balaban J connectivity index is 1.97. The number of hydrogen-bond donors (Lipinski definition) is 6. The van der Waals surface area contributed by atoms with Gasteiger partial charge in [0.2, 0.25) is 0 Å². The lowest BCUT2D eigenvalue weighted by Gasteiger charge is -2.41. The number of nitrogens with one attached hydrogen (secondary N) is 6. The zero-order chi connectivity index (χ0) is 21.4. The van der Waals surface area contributed by atoms with Gasteiger partial charge in [0.25, 0.3) is 0 Å². The molecule has 0 aromatic heterocycles. The molecular formula is C18H12N12. The van der Waals surface area contributed by atoms with E-state index in [-0.39, 0.29) is 0 Å². The Morgan fingerprint density at radius 2 is 0.467 bits per heavy atom. The average Bonchev–Trinajstić information content (AvgIpc) is 2.81. The van der Waals surface area contributed by atoms with E-state index in [1.54, 1.807) is 0 Å². The summed E-state index contributed by atoms with van der Waals surface area (Å²) in [5.74, 6) is 0. The van der Waals surface area contributed by atoms with Gasteiger partial charge in [-0.1, -0.05) is 0 Å². The van der Waals surface area contributed by atoms with Crippen molar-refractivity contribution in [2.24, 2.45) is 0 Å². The van der Waals surface area contributed by atoms with E-state index >= 15 is 0 Å². The van der Waals surface area contributed by atoms with Crippen LogP contribution in [0.2, 0.25) is 0 Å². The molecule has 144 valence electrons. The number of benzene rings is 1. The van der Waals surface area contributed by atoms with Gasteiger partial charge in [0, 0.05) is 0 Å². The normalized spacial score (nSPS) is 29.4. The van der Waals surface area contributed by atoms with Crippen LogP contribution < -0.4 is 31.9 Å². The van der Waals surface area contributed by atoms with Gasteiger partial charge >= 0.3 is 0 Å². The molecule has 6 N–H and O–H groups in total. The largest absolute Gasteiger partial charge is 0.364 e. The van der Waals surface area contributed by atoms with Crippen molar-refractivity contribution in [2.75, 3.05) is 31.9 Å². The molecule has 0 saturated heterocycles. The number of rotatable bonds is 0. The number of hydrogen-bond acceptors (Lipinski definition) is 12. The Bertz CT molecular complexity index is 917. The number of nitrogens with zero attached hydrogens (tertiary/aromatic N) is 6. The van der Waals surface area contributed by atoms with Crippen LogP contribution in [0.5, 0.6) is 0 Å². The number of nitriles is 6. The van der Waals surface area contributed by atoms with Gasteiger partial charge in [-0.15, -0.1) is 0 Å². The Kier molecular flexibility index (Phi) is 4.18. The maximum absolute atomic E-state index is 9.44. The predicted octanol–water partition coefficient (Wildman–Crippen LogP) is 0.552. The van der Waals surface area contributed by atoms with Crippen molar-refractivity contribution in [3.05, 3.63) is 0 Å². The fraction of sp³-hybridized carbons (Fsp3) is 0.333. The minimum Gasteiger partial charge on any atom is -0.364 e. The highest BCUT2D eigenvalue weighted by Crippen LogP contribution is 2.54. The molecule has 30 heavy (non-hydrogen) atoms. The van der Waals surface area contributed by atoms with Gasteiger partial charge in [0.15, 0.2) is 0 Å². The molecule has 12 heteroatoms. The highest BCUT2D eigenvalue weighted by molar-refractivity contribution is 6.10. The molecule has 6 atom stereocenters. The van der Waals surface area contributed by atoms with Crippen LogP contribution in [0.4, 0.5) is 34.1 Å². The zero-order valence-electron chi connectivity index (χ0n) is 15.1. The van der Waals surface area contributed by atoms with E-state index in [0.29, 0.717) is 34.1 Å². The van der Waals surface area contributed by atoms with Crippen LogP contribution in [0.1, 0.15) is 0 Å². The van der Waals surface area contributed by atoms with Gasteiger partial charge in [-0.3, -0.25) is 0 Å². The second-order valence-electron chi connectivity index (χ2n) is 6.76. The molecule has 4 rings (SSSR count). The van der Waals surface area contributed by atoms with Crippen molar-refractivity contribution in [1.82, 2.24) is 0 Å². The van der Waals surface area contributed by atoms with Crippen LogP contribution in [0.25, 0.3) is 0 Å². The molecule has 3 heterocycles. The second-order valence-corrected chi connectivity index (χ2v) is 6.76. The molecule has 0 fully saturated rings. The minimum absolute atomic E-state index is 0.410. The van der Waals surface area contributed by atoms with Crippen LogP contribution in [-0.4, -0.2) is 36.3 Å². The van der Waals surface area contributed by atoms with Gasteiger partial charge in [0.05, 0.1) is 70.5 Å². The van der Waals surface area contributed by atoms with Crippen LogP contribution >= 0.6 is 0 Å². The summed E-state index contributed by atoms with van der Waals surface area (Å²) < 4.78 is 0. The summed E-state index contributed by atoms with van der Waals surface area (Å²) in [6.45, 7) is 0. The highest BCUT2D eigenvalue weighted by Gasteiger charge is 2.41. The van der Waals surface area contributed by atoms with E-state index in [0.717, 1.165) is 0 Å². The Labute approximate surface area is 170 Å². The van der Waals surface area contributed by atoms with Gasteiger partial charge in [0.1, 0.15) is 36.3 Å². The van der Waals surface area contributed by atoms with E-state index in [1.807, 2.05) is 36.4 Å². The van der Waals surface area contributed by atoms with Crippen LogP contribution in [0, 0.1) is 68.0 Å². The molecule has 0 saturated carbocycles. The lowest BCUT2D eigenvalue weighted by molar-refractivity contribution is 0.763. The van der Waals surface area contributed by atoms with E-state index in [9.17, 15) is 31.6 Å². The lowest BCUT2D eigenvalue weighted by Crippen LogP contribution is -2.47. The third-order valence-corrected chi connectivity index (χ3v) is 5.13. The number of fused-ring (bicyclic) bond motifs is 6. The molecule has 1 aromatic rings. The van der Waals surface area contributed by atoms with Crippen LogP contribution in [0.3, 0.4) is 0 Å². The molecule has 3 aliphatic rings. The fourth-order valence-electron chi connectivity index (χ4n) is 3.69. The Morgan fingerprint density at radius 3 is 0.567 bits per heavy atom. The van der Waals surface area contributed by atoms with Gasteiger partial charge < -0.3 is 31.9 Å². The average molecular weight is 396 g/mol. The maximum Gasteiger partial charge on any atom is 0.148 e. The molecule has 0 spiro atoms. The first kappa shape index (κ1) is 18.3. The second kappa shape index (κ2) is 6.84. The van der Waals surface area contributed by atoms with Crippen LogP contribution in [-0.2, 0) is 0 Å². The summed E-state index contributed by atoms with van der Waals surface area (Å²) in [6.07, 6.45) is 0. The molecule has 1 aromatic carbocycles. The van der Waals surface area contributed by atoms with Crippen molar-refractivity contribution in [2.45, 2.75) is 36.3 Å². The third-order valence-electron chi connectivity index (χ3n) is 5.13. The maximum atomic E-state index is 9.44. The predicted molar refractivity (Wildman–Crippen MR) is 105 cm³/mol. The first-order valence-corrected chi connectivity index (χ1v) is 8.81. The Hall–Kier alpha value is -5.04. The monoisotopic (exact) mass is 396 g/mol. The van der Waals surface area contributed by atoms with Crippen LogP contribution in [0.15, 0.2) is 0 Å². The smallest absolute Gasteiger partial charge is 0.148 e. The lowest BCUT2D eigenvalue weighted by atomic mass is 9.94. The molecule has 0 radical (unpaired) electrons. The van der Waals surface area contributed by atoms with Gasteiger partial charge in [-0.25, -0.2) is 0 Å². The van der Waals surface area contributed by atoms with E-state index in [2.05, 4.69) is 31.9 Å². The first-order valence-electron chi connectivity index (χ1n) is 8.81. The number of anilines is 6. The SMILES string of the molecule is N#CC1Nc2c3c(c4c(c2NC1C#N)NC(C#N)C(C#N)N4)NC(C#N)C(C#N)N3. The molecule has 0 aliphatic carbocycles. The molecule has 0 amide bonds. The van der Waals surface area contributed by atoms with Crippen molar-refractivity contribution in [1.29, 1.82) is 31.6 Å². The topological polar surface area (TPSA) is 215 Å². The Morgan fingerprint density at radius 1 is 0.333 bits per heavy atom. The minimum atomic E-state index is -0.879. The first-order chi connectivity index (χ1) is 14.6.